The number of aromatic hydroxyl groups is 1. The van der Waals surface area contributed by atoms with Crippen LogP contribution < -0.4 is 10.2 Å². The number of carbonyl (C=O) groups is 2. The Bertz CT molecular complexity index is 1880. The van der Waals surface area contributed by atoms with Gasteiger partial charge >= 0.3 is 6.09 Å². The molecule has 0 radical (unpaired) electrons. The number of alkyl carbamates (subject to hydrolysis) is 1. The van der Waals surface area contributed by atoms with E-state index in [1.165, 1.54) is 18.3 Å². The summed E-state index contributed by atoms with van der Waals surface area (Å²) in [5.41, 5.74) is 1.62. The minimum Gasteiger partial charge on any atom is -0.508 e. The Kier molecular flexibility index (Phi) is 9.59. The molecule has 0 aliphatic carbocycles. The van der Waals surface area contributed by atoms with Crippen LogP contribution in [0.25, 0.3) is 10.8 Å². The Morgan fingerprint density at radius 3 is 2.43 bits per heavy atom. The number of phenolic OH excluding ortho intramolecular Hbond substituents is 1. The van der Waals surface area contributed by atoms with Gasteiger partial charge in [-0.3, -0.25) is 4.79 Å². The first-order valence-electron chi connectivity index (χ1n) is 14.9. The molecule has 1 unspecified atom stereocenters. The zero-order valence-corrected chi connectivity index (χ0v) is 28.6. The topological polar surface area (TPSA) is 129 Å². The third-order valence-corrected chi connectivity index (χ3v) is 10.0. The molecule has 10 nitrogen and oxygen atoms in total. The number of phenols is 1. The Labute approximate surface area is 277 Å². The van der Waals surface area contributed by atoms with Crippen molar-refractivity contribution in [1.29, 1.82) is 0 Å². The molecule has 1 saturated heterocycles. The van der Waals surface area contributed by atoms with Crippen LogP contribution in [0.5, 0.6) is 5.75 Å². The molecule has 5 rings (SSSR count). The molecule has 0 saturated carbocycles. The Balaban J connectivity index is 1.45. The highest BCUT2D eigenvalue weighted by Gasteiger charge is 2.33. The number of nitrogens with zero attached hydrogens (tertiary/aromatic N) is 3. The molecule has 1 aliphatic rings. The van der Waals surface area contributed by atoms with Gasteiger partial charge in [0.05, 0.1) is 4.90 Å². The van der Waals surface area contributed by atoms with E-state index in [0.717, 1.165) is 21.8 Å². The van der Waals surface area contributed by atoms with Crippen LogP contribution in [0.15, 0.2) is 87.3 Å². The number of rotatable bonds is 7. The lowest BCUT2D eigenvalue weighted by atomic mass is 10.0. The summed E-state index contributed by atoms with van der Waals surface area (Å²) in [6.45, 7) is 9.16. The minimum absolute atomic E-state index is 0.163. The molecule has 3 aromatic carbocycles. The summed E-state index contributed by atoms with van der Waals surface area (Å²) in [5, 5.41) is 14.0. The number of sulfone groups is 1. The molecule has 0 bridgehead atoms. The average Bonchev–Trinajstić information content (AvgIpc) is 3.00. The molecule has 1 fully saturated rings. The van der Waals surface area contributed by atoms with E-state index in [2.05, 4.69) is 31.1 Å². The number of hydrogen-bond donors (Lipinski definition) is 2. The predicted molar refractivity (Wildman–Crippen MR) is 180 cm³/mol. The number of aromatic nitrogens is 1. The van der Waals surface area contributed by atoms with Crippen LogP contribution in [-0.2, 0) is 25.8 Å². The molecule has 4 aromatic rings. The van der Waals surface area contributed by atoms with E-state index >= 15 is 0 Å². The molecule has 0 spiro atoms. The van der Waals surface area contributed by atoms with E-state index in [-0.39, 0.29) is 33.6 Å². The second kappa shape index (κ2) is 13.3. The maximum Gasteiger partial charge on any atom is 0.408 e. The molecule has 1 aliphatic heterocycles. The maximum absolute atomic E-state index is 14.1. The van der Waals surface area contributed by atoms with E-state index in [1.807, 2.05) is 25.1 Å². The lowest BCUT2D eigenvalue weighted by molar-refractivity contribution is -0.133. The van der Waals surface area contributed by atoms with E-state index in [4.69, 9.17) is 4.74 Å². The van der Waals surface area contributed by atoms with Crippen molar-refractivity contribution in [2.75, 3.05) is 31.1 Å². The van der Waals surface area contributed by atoms with Crippen LogP contribution in [0.1, 0.15) is 31.9 Å². The highest BCUT2D eigenvalue weighted by Crippen LogP contribution is 2.32. The highest BCUT2D eigenvalue weighted by atomic mass is 79.9. The summed E-state index contributed by atoms with van der Waals surface area (Å²) in [6.07, 6.45) is 0.460. The average molecular weight is 710 g/mol. The number of fused-ring (bicyclic) bond motifs is 1. The van der Waals surface area contributed by atoms with Crippen molar-refractivity contribution in [2.45, 2.75) is 55.7 Å². The van der Waals surface area contributed by atoms with Gasteiger partial charge in [-0.1, -0.05) is 46.3 Å². The van der Waals surface area contributed by atoms with Crippen molar-refractivity contribution in [3.63, 3.8) is 0 Å². The van der Waals surface area contributed by atoms with Gasteiger partial charge in [0.2, 0.25) is 15.7 Å². The molecular weight excluding hydrogens is 672 g/mol. The van der Waals surface area contributed by atoms with Gasteiger partial charge in [0, 0.05) is 54.3 Å². The van der Waals surface area contributed by atoms with E-state index in [9.17, 15) is 23.1 Å². The van der Waals surface area contributed by atoms with E-state index in [1.54, 1.807) is 56.0 Å². The normalized spacial score (nSPS) is 14.6. The van der Waals surface area contributed by atoms with Gasteiger partial charge < -0.3 is 25.0 Å². The van der Waals surface area contributed by atoms with Crippen molar-refractivity contribution in [2.24, 2.45) is 0 Å². The van der Waals surface area contributed by atoms with Gasteiger partial charge in [-0.05, 0) is 80.6 Å². The largest absolute Gasteiger partial charge is 0.508 e. The number of aryl methyl sites for hydroxylation is 1. The molecule has 242 valence electrons. The zero-order valence-electron chi connectivity index (χ0n) is 26.2. The molecule has 2 amide bonds. The van der Waals surface area contributed by atoms with Crippen LogP contribution in [0, 0.1) is 6.92 Å². The first-order chi connectivity index (χ1) is 21.7. The summed E-state index contributed by atoms with van der Waals surface area (Å²) in [7, 11) is -4.27. The van der Waals surface area contributed by atoms with Crippen molar-refractivity contribution in [3.8, 4) is 5.75 Å². The summed E-state index contributed by atoms with van der Waals surface area (Å²) < 4.78 is 34.7. The molecular formula is C34H37BrN4O6S. The molecule has 1 aromatic heterocycles. The predicted octanol–water partition coefficient (Wildman–Crippen LogP) is 5.63. The SMILES string of the molecule is Cc1cc(Br)ccc1N1CCN(C(=O)C(Cc2ccc(O)cc2S(=O)(=O)c2nccc3ccccc23)NC(=O)OC(C)(C)C)CC1. The second-order valence-corrected chi connectivity index (χ2v) is 15.0. The fourth-order valence-corrected chi connectivity index (χ4v) is 7.74. The first kappa shape index (κ1) is 33.2. The quantitative estimate of drug-likeness (QED) is 0.253. The summed E-state index contributed by atoms with van der Waals surface area (Å²) in [4.78, 5) is 34.9. The van der Waals surface area contributed by atoms with E-state index in [0.29, 0.717) is 37.0 Å². The standard InChI is InChI=1S/C34H37BrN4O6S/c1-22-19-25(35)10-12-29(22)38-15-17-39(18-16-38)32(41)28(37-33(42)45-34(2,3)4)20-24-9-11-26(40)21-30(24)46(43,44)31-27-8-6-5-7-23(27)13-14-36-31/h5-14,19,21,28,40H,15-18,20H2,1-4H3,(H,37,42). The summed E-state index contributed by atoms with van der Waals surface area (Å²) >= 11 is 3.50. The Morgan fingerprint density at radius 2 is 1.74 bits per heavy atom. The molecule has 12 heteroatoms. The second-order valence-electron chi connectivity index (χ2n) is 12.3. The number of hydrogen-bond acceptors (Lipinski definition) is 8. The summed E-state index contributed by atoms with van der Waals surface area (Å²) in [5.74, 6) is -0.623. The third-order valence-electron chi connectivity index (χ3n) is 7.74. The molecule has 2 N–H and O–H groups in total. The number of halogens is 1. The zero-order chi connectivity index (χ0) is 33.2. The molecule has 1 atom stereocenters. The number of pyridine rings is 1. The van der Waals surface area contributed by atoms with Gasteiger partial charge in [0.25, 0.3) is 0 Å². The first-order valence-corrected chi connectivity index (χ1v) is 17.2. The van der Waals surface area contributed by atoms with Gasteiger partial charge in [0.1, 0.15) is 17.4 Å². The molecule has 2 heterocycles. The third kappa shape index (κ3) is 7.45. The minimum atomic E-state index is -4.27. The fourth-order valence-electron chi connectivity index (χ4n) is 5.60. The fraction of sp³-hybridized carbons (Fsp3) is 0.324. The number of anilines is 1. The lowest BCUT2D eigenvalue weighted by Gasteiger charge is -2.38. The number of carbonyl (C=O) groups excluding carboxylic acids is 2. The smallest absolute Gasteiger partial charge is 0.408 e. The van der Waals surface area contributed by atoms with E-state index < -0.39 is 27.6 Å². The molecule has 46 heavy (non-hydrogen) atoms. The summed E-state index contributed by atoms with van der Waals surface area (Å²) in [6, 6.07) is 17.6. The van der Waals surface area contributed by atoms with Crippen LogP contribution in [0.4, 0.5) is 10.5 Å². The highest BCUT2D eigenvalue weighted by molar-refractivity contribution is 9.10. The number of amides is 2. The maximum atomic E-state index is 14.1. The number of piperazine rings is 1. The van der Waals surface area contributed by atoms with Gasteiger partial charge in [0.15, 0.2) is 5.03 Å². The van der Waals surface area contributed by atoms with Crippen molar-refractivity contribution in [1.82, 2.24) is 15.2 Å². The number of nitrogens with one attached hydrogen (secondary N) is 1. The van der Waals surface area contributed by atoms with Crippen molar-refractivity contribution < 1.29 is 27.9 Å². The van der Waals surface area contributed by atoms with Gasteiger partial charge in [-0.15, -0.1) is 0 Å². The van der Waals surface area contributed by atoms with Gasteiger partial charge in [-0.25, -0.2) is 18.2 Å². The van der Waals surface area contributed by atoms with Crippen LogP contribution in [-0.4, -0.2) is 73.2 Å². The lowest BCUT2D eigenvalue weighted by Crippen LogP contribution is -2.56. The number of ether oxygens (including phenoxy) is 1. The van der Waals surface area contributed by atoms with Crippen LogP contribution in [0.2, 0.25) is 0 Å². The van der Waals surface area contributed by atoms with Crippen molar-refractivity contribution >= 4 is 54.2 Å². The Morgan fingerprint density at radius 1 is 1.02 bits per heavy atom. The number of benzene rings is 3. The monoisotopic (exact) mass is 708 g/mol. The van der Waals surface area contributed by atoms with Crippen LogP contribution >= 0.6 is 15.9 Å². The van der Waals surface area contributed by atoms with Crippen LogP contribution in [0.3, 0.4) is 0 Å². The van der Waals surface area contributed by atoms with Gasteiger partial charge in [-0.2, -0.15) is 0 Å². The van der Waals surface area contributed by atoms with Crippen molar-refractivity contribution in [3.05, 3.63) is 88.5 Å². The Hall–Kier alpha value is -4.16.